The lowest BCUT2D eigenvalue weighted by Crippen LogP contribution is -2.31. The molecule has 2 aromatic carbocycles. The maximum Gasteiger partial charge on any atom is 0.303 e. The lowest BCUT2D eigenvalue weighted by Gasteiger charge is -2.27. The normalized spacial score (nSPS) is 18.7. The van der Waals surface area contributed by atoms with Gasteiger partial charge in [-0.05, 0) is 106 Å². The van der Waals surface area contributed by atoms with Crippen molar-refractivity contribution in [3.8, 4) is 0 Å². The Morgan fingerprint density at radius 2 is 1.19 bits per heavy atom. The Kier molecular flexibility index (Phi) is 30.7. The fourth-order valence-corrected chi connectivity index (χ4v) is 12.1. The second-order valence-electron chi connectivity index (χ2n) is 22.5. The van der Waals surface area contributed by atoms with Gasteiger partial charge in [-0.1, -0.05) is 51.0 Å². The van der Waals surface area contributed by atoms with Crippen LogP contribution in [0.4, 0.5) is 11.4 Å². The number of aryl methyl sites for hydroxylation is 1. The topological polar surface area (TPSA) is 206 Å². The number of unbranched alkanes of at least 4 members (excludes halogenated alkanes) is 2. The van der Waals surface area contributed by atoms with E-state index in [0.29, 0.717) is 152 Å². The van der Waals surface area contributed by atoms with E-state index in [1.54, 1.807) is 13.2 Å². The minimum atomic E-state index is -4.68. The Labute approximate surface area is 507 Å². The fourth-order valence-electron chi connectivity index (χ4n) is 11.6. The second kappa shape index (κ2) is 37.5. The van der Waals surface area contributed by atoms with E-state index in [9.17, 15) is 22.9 Å². The first-order valence-corrected chi connectivity index (χ1v) is 32.3. The quantitative estimate of drug-likeness (QED) is 0.0373. The number of carbonyl (C=O) groups is 1. The standard InChI is InChI=1S/C65H99N3O16S/c1-7-24-65(5)57-50-52(2)14-20-59(57)67(27-10-8-9-13-62(69)70)61(65)23-18-54-16-15-53(63(54)66-25-11-12-26-66)17-22-60-64(3,4)56-51-55(85(71,72)73)19-21-58(56)68(60)28-29-75-32-33-77-36-37-79-40-41-81-44-45-83-48-49-84-47-46-82-43-42-80-39-38-78-35-34-76-31-30-74-6/h14,17-23,50-51H,7-13,15-16,24-49H2,1-6H3,(H-,69,70,71,72,73). The molecule has 3 heterocycles. The molecule has 0 radical (unpaired) electrons. The molecular weight excluding hydrogens is 1110 g/mol. The van der Waals surface area contributed by atoms with Crippen molar-refractivity contribution in [3.63, 3.8) is 0 Å². The molecule has 2 aromatic rings. The number of carboxylic acids is 1. The number of methoxy groups -OCH3 is 1. The van der Waals surface area contributed by atoms with E-state index >= 15 is 0 Å². The summed E-state index contributed by atoms with van der Waals surface area (Å²) in [6, 6.07) is 11.5. The monoisotopic (exact) mass is 1210 g/mol. The third-order valence-corrected chi connectivity index (χ3v) is 16.7. The Hall–Kier alpha value is -4.39. The van der Waals surface area contributed by atoms with Crippen molar-refractivity contribution < 1.29 is 79.6 Å². The van der Waals surface area contributed by atoms with Crippen molar-refractivity contribution in [2.75, 3.05) is 177 Å². The number of anilines is 1. The molecule has 1 fully saturated rings. The van der Waals surface area contributed by atoms with Crippen LogP contribution in [0.1, 0.15) is 109 Å². The van der Waals surface area contributed by atoms with Gasteiger partial charge in [0.1, 0.15) is 16.7 Å². The van der Waals surface area contributed by atoms with Gasteiger partial charge in [-0.15, -0.1) is 0 Å². The van der Waals surface area contributed by atoms with E-state index in [1.807, 2.05) is 0 Å². The molecule has 0 saturated carbocycles. The average molecular weight is 1210 g/mol. The first kappa shape index (κ1) is 69.7. The van der Waals surface area contributed by atoms with Crippen molar-refractivity contribution in [2.45, 2.75) is 115 Å². The summed E-state index contributed by atoms with van der Waals surface area (Å²) >= 11 is 0. The summed E-state index contributed by atoms with van der Waals surface area (Å²) in [6.45, 7) is 24.3. The highest BCUT2D eigenvalue weighted by molar-refractivity contribution is 7.85. The van der Waals surface area contributed by atoms with E-state index < -0.39 is 21.5 Å². The average Bonchev–Trinajstić information content (AvgIpc) is 1.97. The van der Waals surface area contributed by atoms with Crippen LogP contribution in [0.5, 0.6) is 0 Å². The van der Waals surface area contributed by atoms with E-state index in [2.05, 4.69) is 91.5 Å². The summed E-state index contributed by atoms with van der Waals surface area (Å²) in [7, 11) is -3.04. The van der Waals surface area contributed by atoms with Gasteiger partial charge in [0.05, 0.1) is 149 Å². The summed E-state index contributed by atoms with van der Waals surface area (Å²) < 4.78 is 100. The maximum absolute atomic E-state index is 12.3. The molecule has 0 amide bonds. The first-order chi connectivity index (χ1) is 41.2. The SMILES string of the molecule is CCCC1(C)C(C=CC2=C(N3CCCC3)C(=CC=C3N(CCOCCOCCOCCOCCOCCOCCOCCOCCOCCOCCOC)c4ccc(S(=O)(=O)[O-])cc4C3(C)C)CC2)=[N+](CCCCCC(=O)O)c2ccc(C)cc21. The molecule has 3 aliphatic heterocycles. The zero-order valence-electron chi connectivity index (χ0n) is 51.8. The number of allylic oxidation sites excluding steroid dienone is 7. The lowest BCUT2D eigenvalue weighted by atomic mass is 9.75. The number of hydrogen-bond donors (Lipinski definition) is 1. The predicted octanol–water partition coefficient (Wildman–Crippen LogP) is 8.82. The largest absolute Gasteiger partial charge is 0.744 e. The van der Waals surface area contributed by atoms with Crippen LogP contribution in [0.3, 0.4) is 0 Å². The molecule has 6 rings (SSSR count). The van der Waals surface area contributed by atoms with Gasteiger partial charge in [-0.3, -0.25) is 4.79 Å². The fraction of sp³-hybridized carbons (Fsp3) is 0.662. The summed E-state index contributed by atoms with van der Waals surface area (Å²) in [4.78, 5) is 15.8. The molecule has 19 nitrogen and oxygen atoms in total. The minimum Gasteiger partial charge on any atom is -0.744 e. The number of hydrogen-bond acceptors (Lipinski definition) is 17. The van der Waals surface area contributed by atoms with Gasteiger partial charge in [0.25, 0.3) is 0 Å². The number of nitrogens with zero attached hydrogens (tertiary/aromatic N) is 3. The van der Waals surface area contributed by atoms with Crippen molar-refractivity contribution in [1.82, 2.24) is 4.90 Å². The number of ether oxygens (including phenoxy) is 11. The molecule has 4 aliphatic rings. The van der Waals surface area contributed by atoms with Crippen molar-refractivity contribution >= 4 is 33.2 Å². The molecule has 1 unspecified atom stereocenters. The summed E-state index contributed by atoms with van der Waals surface area (Å²) in [5, 5.41) is 9.29. The van der Waals surface area contributed by atoms with Gasteiger partial charge >= 0.3 is 5.97 Å². The number of aliphatic carboxylic acids is 1. The Morgan fingerprint density at radius 3 is 1.69 bits per heavy atom. The smallest absolute Gasteiger partial charge is 0.303 e. The zero-order valence-corrected chi connectivity index (χ0v) is 52.7. The highest BCUT2D eigenvalue weighted by atomic mass is 32.2. The maximum atomic E-state index is 12.3. The van der Waals surface area contributed by atoms with E-state index in [1.165, 1.54) is 51.5 Å². The number of likely N-dealkylation sites (tertiary alicyclic amines) is 1. The van der Waals surface area contributed by atoms with E-state index in [-0.39, 0.29) is 16.7 Å². The van der Waals surface area contributed by atoms with Crippen LogP contribution < -0.4 is 4.90 Å². The molecule has 0 bridgehead atoms. The van der Waals surface area contributed by atoms with Gasteiger partial charge in [0.2, 0.25) is 5.69 Å². The van der Waals surface area contributed by atoms with E-state index in [4.69, 9.17) is 52.1 Å². The molecule has 1 saturated heterocycles. The molecule has 85 heavy (non-hydrogen) atoms. The van der Waals surface area contributed by atoms with Crippen LogP contribution in [-0.2, 0) is 77.8 Å². The summed E-state index contributed by atoms with van der Waals surface area (Å²) in [5.74, 6) is -0.745. The summed E-state index contributed by atoms with van der Waals surface area (Å²) in [6.07, 6.45) is 18.0. The minimum absolute atomic E-state index is 0.172. The van der Waals surface area contributed by atoms with Gasteiger partial charge < -0.3 is 71.6 Å². The van der Waals surface area contributed by atoms with Crippen LogP contribution in [0.15, 0.2) is 88.1 Å². The molecule has 1 N–H and O–H groups in total. The first-order valence-electron chi connectivity index (χ1n) is 30.9. The van der Waals surface area contributed by atoms with Gasteiger partial charge in [-0.25, -0.2) is 8.42 Å². The Balaban J connectivity index is 0.944. The van der Waals surface area contributed by atoms with Crippen LogP contribution >= 0.6 is 0 Å². The Bertz CT molecular complexity index is 2630. The number of rotatable bonds is 46. The number of benzene rings is 2. The van der Waals surface area contributed by atoms with Crippen molar-refractivity contribution in [1.29, 1.82) is 0 Å². The molecule has 0 aromatic heterocycles. The van der Waals surface area contributed by atoms with Crippen LogP contribution in [0.2, 0.25) is 0 Å². The molecule has 20 heteroatoms. The molecule has 0 spiro atoms. The highest BCUT2D eigenvalue weighted by Gasteiger charge is 2.47. The lowest BCUT2D eigenvalue weighted by molar-refractivity contribution is -0.438. The molecule has 1 atom stereocenters. The molecule has 1 aliphatic carbocycles. The highest BCUT2D eigenvalue weighted by Crippen LogP contribution is 2.49. The number of carboxylic acid groups (broad SMARTS) is 1. The predicted molar refractivity (Wildman–Crippen MR) is 327 cm³/mol. The number of fused-ring (bicyclic) bond motifs is 2. The van der Waals surface area contributed by atoms with Crippen molar-refractivity contribution in [2.24, 2.45) is 0 Å². The molecule has 476 valence electrons. The third kappa shape index (κ3) is 22.0. The second-order valence-corrected chi connectivity index (χ2v) is 23.9. The van der Waals surface area contributed by atoms with E-state index in [0.717, 1.165) is 87.9 Å². The van der Waals surface area contributed by atoms with Gasteiger partial charge in [0, 0.05) is 79.8 Å². The van der Waals surface area contributed by atoms with Crippen molar-refractivity contribution in [3.05, 3.63) is 99.9 Å². The van der Waals surface area contributed by atoms with Crippen LogP contribution in [0.25, 0.3) is 0 Å². The van der Waals surface area contributed by atoms with Gasteiger partial charge in [-0.2, -0.15) is 4.58 Å². The van der Waals surface area contributed by atoms with Crippen LogP contribution in [-0.4, -0.2) is 211 Å². The van der Waals surface area contributed by atoms with Gasteiger partial charge in [0.15, 0.2) is 5.71 Å². The Morgan fingerprint density at radius 1 is 0.659 bits per heavy atom. The zero-order chi connectivity index (χ0) is 60.8. The van der Waals surface area contributed by atoms with Crippen LogP contribution in [0, 0.1) is 6.92 Å². The third-order valence-electron chi connectivity index (χ3n) is 15.9. The molecular formula is C65H99N3O16S. The summed E-state index contributed by atoms with van der Waals surface area (Å²) in [5.41, 5.74) is 10.9.